The van der Waals surface area contributed by atoms with Crippen LogP contribution in [0.5, 0.6) is 0 Å². The van der Waals surface area contributed by atoms with Crippen LogP contribution in [0.3, 0.4) is 0 Å². The van der Waals surface area contributed by atoms with E-state index >= 15 is 0 Å². The number of anilines is 2. The molecule has 0 unspecified atom stereocenters. The van der Waals surface area contributed by atoms with Crippen LogP contribution in [0, 0.1) is 0 Å². The normalized spacial score (nSPS) is 15.4. The van der Waals surface area contributed by atoms with Crippen molar-refractivity contribution in [2.75, 3.05) is 23.7 Å². The highest BCUT2D eigenvalue weighted by Crippen LogP contribution is 2.29. The maximum absolute atomic E-state index is 5.95. The summed E-state index contributed by atoms with van der Waals surface area (Å²) in [6, 6.07) is 0. The molecule has 0 radical (unpaired) electrons. The van der Waals surface area contributed by atoms with Gasteiger partial charge in [0, 0.05) is 19.3 Å². The largest absolute Gasteiger partial charge is 0.382 e. The Hall–Kier alpha value is -0.960. The van der Waals surface area contributed by atoms with Crippen molar-refractivity contribution >= 4 is 23.0 Å². The molecule has 0 spiro atoms. The lowest BCUT2D eigenvalue weighted by molar-refractivity contribution is 0.928. The smallest absolute Gasteiger partial charge is 0.0841 e. The lowest BCUT2D eigenvalue weighted by Gasteiger charge is -2.08. The number of pyridine rings is 1. The van der Waals surface area contributed by atoms with Crippen molar-refractivity contribution in [3.05, 3.63) is 17.4 Å². The molecular formula is C8H10ClN3. The zero-order valence-electron chi connectivity index (χ0n) is 6.60. The summed E-state index contributed by atoms with van der Waals surface area (Å²) in [7, 11) is 0. The second-order valence-electron chi connectivity index (χ2n) is 2.75. The first-order chi connectivity index (χ1) is 5.88. The van der Waals surface area contributed by atoms with Gasteiger partial charge in [-0.1, -0.05) is 11.6 Å². The van der Waals surface area contributed by atoms with Crippen molar-refractivity contribution in [1.29, 1.82) is 0 Å². The predicted octanol–water partition coefficient (Wildman–Crippen LogP) is 1.96. The molecule has 0 atom stereocenters. The summed E-state index contributed by atoms with van der Waals surface area (Å²) in [5, 5.41) is 7.20. The Balaban J connectivity index is 2.42. The van der Waals surface area contributed by atoms with E-state index in [1.807, 2.05) is 0 Å². The number of fused-ring (bicyclic) bond motifs is 1. The monoisotopic (exact) mass is 183 g/mol. The fourth-order valence-electron chi connectivity index (χ4n) is 1.27. The van der Waals surface area contributed by atoms with E-state index in [4.69, 9.17) is 11.6 Å². The number of rotatable bonds is 0. The van der Waals surface area contributed by atoms with Gasteiger partial charge in [-0.25, -0.2) is 0 Å². The summed E-state index contributed by atoms with van der Waals surface area (Å²) >= 11 is 5.95. The van der Waals surface area contributed by atoms with Crippen LogP contribution in [-0.2, 0) is 0 Å². The average Bonchev–Trinajstić information content (AvgIpc) is 2.30. The molecule has 2 heterocycles. The van der Waals surface area contributed by atoms with Crippen LogP contribution in [0.15, 0.2) is 12.4 Å². The van der Waals surface area contributed by atoms with Crippen LogP contribution < -0.4 is 10.6 Å². The third kappa shape index (κ3) is 1.32. The molecule has 1 aromatic heterocycles. The number of halogens is 1. The van der Waals surface area contributed by atoms with Crippen molar-refractivity contribution in [3.8, 4) is 0 Å². The maximum atomic E-state index is 5.95. The van der Waals surface area contributed by atoms with Crippen LogP contribution in [-0.4, -0.2) is 18.1 Å². The van der Waals surface area contributed by atoms with E-state index in [9.17, 15) is 0 Å². The van der Waals surface area contributed by atoms with E-state index in [0.717, 1.165) is 30.9 Å². The Morgan fingerprint density at radius 1 is 1.25 bits per heavy atom. The average molecular weight is 184 g/mol. The van der Waals surface area contributed by atoms with Gasteiger partial charge in [-0.05, 0) is 6.42 Å². The zero-order valence-corrected chi connectivity index (χ0v) is 7.36. The van der Waals surface area contributed by atoms with E-state index in [-0.39, 0.29) is 0 Å². The Bertz CT molecular complexity index is 288. The van der Waals surface area contributed by atoms with Crippen molar-refractivity contribution < 1.29 is 0 Å². The summed E-state index contributed by atoms with van der Waals surface area (Å²) in [5.41, 5.74) is 1.98. The number of aromatic nitrogens is 1. The molecular weight excluding hydrogens is 174 g/mol. The van der Waals surface area contributed by atoms with Gasteiger partial charge in [-0.3, -0.25) is 4.98 Å². The molecule has 1 aromatic rings. The van der Waals surface area contributed by atoms with Gasteiger partial charge >= 0.3 is 0 Å². The SMILES string of the molecule is Clc1cncc2c1NCCCN2. The third-order valence-electron chi connectivity index (χ3n) is 1.87. The predicted molar refractivity (Wildman–Crippen MR) is 50.8 cm³/mol. The molecule has 0 aromatic carbocycles. The Morgan fingerprint density at radius 3 is 3.00 bits per heavy atom. The molecule has 0 saturated heterocycles. The molecule has 1 aliphatic heterocycles. The third-order valence-corrected chi connectivity index (χ3v) is 2.16. The molecule has 0 fully saturated rings. The summed E-state index contributed by atoms with van der Waals surface area (Å²) in [6.45, 7) is 1.94. The molecule has 0 bridgehead atoms. The molecule has 2 N–H and O–H groups in total. The molecule has 2 rings (SSSR count). The highest BCUT2D eigenvalue weighted by atomic mass is 35.5. The Labute approximate surface area is 76.1 Å². The standard InChI is InChI=1S/C8H10ClN3/c9-6-4-10-5-7-8(6)12-3-1-2-11-7/h4-5,11-12H,1-3H2. The van der Waals surface area contributed by atoms with Gasteiger partial charge in [0.15, 0.2) is 0 Å². The highest BCUT2D eigenvalue weighted by molar-refractivity contribution is 6.33. The van der Waals surface area contributed by atoms with Gasteiger partial charge in [0.05, 0.1) is 22.6 Å². The minimum absolute atomic E-state index is 0.682. The van der Waals surface area contributed by atoms with Crippen molar-refractivity contribution in [1.82, 2.24) is 4.98 Å². The minimum atomic E-state index is 0.682. The molecule has 12 heavy (non-hydrogen) atoms. The first kappa shape index (κ1) is 7.68. The summed E-state index contributed by atoms with van der Waals surface area (Å²) in [4.78, 5) is 4.00. The summed E-state index contributed by atoms with van der Waals surface area (Å²) in [5.74, 6) is 0. The Morgan fingerprint density at radius 2 is 2.08 bits per heavy atom. The lowest BCUT2D eigenvalue weighted by atomic mass is 10.3. The molecule has 1 aliphatic rings. The number of hydrogen-bond acceptors (Lipinski definition) is 3. The van der Waals surface area contributed by atoms with Crippen LogP contribution in [0.1, 0.15) is 6.42 Å². The van der Waals surface area contributed by atoms with Crippen molar-refractivity contribution in [3.63, 3.8) is 0 Å². The van der Waals surface area contributed by atoms with Crippen molar-refractivity contribution in [2.45, 2.75) is 6.42 Å². The molecule has 4 heteroatoms. The van der Waals surface area contributed by atoms with Gasteiger partial charge in [0.25, 0.3) is 0 Å². The highest BCUT2D eigenvalue weighted by Gasteiger charge is 2.09. The van der Waals surface area contributed by atoms with Gasteiger partial charge in [-0.15, -0.1) is 0 Å². The number of hydrogen-bond donors (Lipinski definition) is 2. The maximum Gasteiger partial charge on any atom is 0.0841 e. The van der Waals surface area contributed by atoms with E-state index in [1.54, 1.807) is 12.4 Å². The Kier molecular flexibility index (Phi) is 2.04. The first-order valence-corrected chi connectivity index (χ1v) is 4.37. The number of nitrogens with one attached hydrogen (secondary N) is 2. The molecule has 3 nitrogen and oxygen atoms in total. The topological polar surface area (TPSA) is 37.0 Å². The molecule has 0 aliphatic carbocycles. The minimum Gasteiger partial charge on any atom is -0.382 e. The van der Waals surface area contributed by atoms with Gasteiger partial charge in [0.1, 0.15) is 0 Å². The van der Waals surface area contributed by atoms with E-state index in [2.05, 4.69) is 15.6 Å². The van der Waals surface area contributed by atoms with Gasteiger partial charge in [0.2, 0.25) is 0 Å². The van der Waals surface area contributed by atoms with E-state index < -0.39 is 0 Å². The second kappa shape index (κ2) is 3.19. The van der Waals surface area contributed by atoms with Crippen LogP contribution in [0.25, 0.3) is 0 Å². The molecule has 0 amide bonds. The summed E-state index contributed by atoms with van der Waals surface area (Å²) in [6.07, 6.45) is 4.55. The van der Waals surface area contributed by atoms with E-state index in [1.165, 1.54) is 0 Å². The summed E-state index contributed by atoms with van der Waals surface area (Å²) < 4.78 is 0. The van der Waals surface area contributed by atoms with Crippen LogP contribution in [0.4, 0.5) is 11.4 Å². The second-order valence-corrected chi connectivity index (χ2v) is 3.16. The van der Waals surface area contributed by atoms with Crippen molar-refractivity contribution in [2.24, 2.45) is 0 Å². The fraction of sp³-hybridized carbons (Fsp3) is 0.375. The first-order valence-electron chi connectivity index (χ1n) is 3.99. The zero-order chi connectivity index (χ0) is 8.39. The molecule has 0 saturated carbocycles. The number of nitrogens with zero attached hydrogens (tertiary/aromatic N) is 1. The lowest BCUT2D eigenvalue weighted by Crippen LogP contribution is -2.01. The van der Waals surface area contributed by atoms with Gasteiger partial charge < -0.3 is 10.6 Å². The quantitative estimate of drug-likeness (QED) is 0.646. The molecule has 64 valence electrons. The van der Waals surface area contributed by atoms with Crippen LogP contribution in [0.2, 0.25) is 5.02 Å². The van der Waals surface area contributed by atoms with Crippen LogP contribution >= 0.6 is 11.6 Å². The van der Waals surface area contributed by atoms with Gasteiger partial charge in [-0.2, -0.15) is 0 Å². The fourth-order valence-corrected chi connectivity index (χ4v) is 1.50. The van der Waals surface area contributed by atoms with E-state index in [0.29, 0.717) is 5.02 Å².